The molecule has 2 rings (SSSR count). The lowest BCUT2D eigenvalue weighted by atomic mass is 9.77. The summed E-state index contributed by atoms with van der Waals surface area (Å²) in [6, 6.07) is 7.45. The van der Waals surface area contributed by atoms with Crippen LogP contribution in [0.2, 0.25) is 0 Å². The fraction of sp³-hybridized carbons (Fsp3) is 0.647. The Kier molecular flexibility index (Phi) is 5.62. The van der Waals surface area contributed by atoms with Gasteiger partial charge in [-0.25, -0.2) is 0 Å². The molecule has 0 aliphatic heterocycles. The Balaban J connectivity index is 1.91. The van der Waals surface area contributed by atoms with E-state index in [1.54, 1.807) is 7.11 Å². The van der Waals surface area contributed by atoms with Gasteiger partial charge in [0, 0.05) is 12.1 Å². The quantitative estimate of drug-likeness (QED) is 0.753. The van der Waals surface area contributed by atoms with Gasteiger partial charge in [-0.15, -0.1) is 0 Å². The van der Waals surface area contributed by atoms with E-state index in [-0.39, 0.29) is 12.1 Å². The van der Waals surface area contributed by atoms with E-state index in [9.17, 15) is 10.2 Å². The molecule has 0 heterocycles. The summed E-state index contributed by atoms with van der Waals surface area (Å²) in [5.74, 6) is 1.52. The molecule has 1 saturated carbocycles. The summed E-state index contributed by atoms with van der Waals surface area (Å²) in [5.41, 5.74) is 0.639. The molecule has 1 fully saturated rings. The maximum absolute atomic E-state index is 10.3. The Bertz CT molecular complexity index is 424. The van der Waals surface area contributed by atoms with Gasteiger partial charge in [0.2, 0.25) is 0 Å². The molecular formula is C17H27NO3. The summed E-state index contributed by atoms with van der Waals surface area (Å²) >= 11 is 0. The Morgan fingerprint density at radius 3 is 2.43 bits per heavy atom. The number of β-amino-alcohol motifs (C(OH)–C–C–N with tert-alkyl or cyclic N) is 1. The molecule has 1 aromatic carbocycles. The minimum Gasteiger partial charge on any atom is -0.497 e. The summed E-state index contributed by atoms with van der Waals surface area (Å²) in [7, 11) is 1.63. The van der Waals surface area contributed by atoms with Crippen molar-refractivity contribution in [2.45, 2.75) is 44.2 Å². The first kappa shape index (κ1) is 16.3. The molecule has 0 aromatic heterocycles. The van der Waals surface area contributed by atoms with Gasteiger partial charge in [0.15, 0.2) is 0 Å². The van der Waals surface area contributed by atoms with Crippen molar-refractivity contribution in [1.29, 1.82) is 0 Å². The maximum atomic E-state index is 10.3. The van der Waals surface area contributed by atoms with Gasteiger partial charge in [0.05, 0.1) is 19.8 Å². The number of rotatable bonds is 6. The number of hydrogen-bond acceptors (Lipinski definition) is 4. The largest absolute Gasteiger partial charge is 0.497 e. The van der Waals surface area contributed by atoms with E-state index in [4.69, 9.17) is 4.74 Å². The minimum atomic E-state index is -0.571. The lowest BCUT2D eigenvalue weighted by Crippen LogP contribution is -2.52. The van der Waals surface area contributed by atoms with Crippen LogP contribution in [0.25, 0.3) is 0 Å². The first-order chi connectivity index (χ1) is 10.1. The minimum absolute atomic E-state index is 0.134. The predicted octanol–water partition coefficient (Wildman–Crippen LogP) is 2.26. The van der Waals surface area contributed by atoms with E-state index in [1.165, 1.54) is 0 Å². The molecule has 0 saturated heterocycles. The smallest absolute Gasteiger partial charge is 0.118 e. The van der Waals surface area contributed by atoms with Crippen molar-refractivity contribution >= 4 is 0 Å². The first-order valence-corrected chi connectivity index (χ1v) is 7.76. The average Bonchev–Trinajstić information content (AvgIpc) is 2.54. The summed E-state index contributed by atoms with van der Waals surface area (Å²) in [4.78, 5) is 0. The number of aliphatic hydroxyl groups is 2. The van der Waals surface area contributed by atoms with Crippen LogP contribution in [0.15, 0.2) is 24.3 Å². The maximum Gasteiger partial charge on any atom is 0.118 e. The molecular weight excluding hydrogens is 266 g/mol. The summed E-state index contributed by atoms with van der Waals surface area (Å²) in [6.45, 7) is 2.85. The molecule has 0 amide bonds. The van der Waals surface area contributed by atoms with Gasteiger partial charge in [0.1, 0.15) is 5.75 Å². The molecule has 1 aliphatic carbocycles. The third-order valence-electron chi connectivity index (χ3n) is 4.71. The van der Waals surface area contributed by atoms with Crippen LogP contribution in [0.1, 0.15) is 44.3 Å². The van der Waals surface area contributed by atoms with Crippen molar-refractivity contribution in [2.75, 3.05) is 20.3 Å². The number of ether oxygens (including phenoxy) is 1. The second kappa shape index (κ2) is 7.25. The SMILES string of the molecule is COc1ccc(C(O)CNC2(CO)CCC(C)CC2)cc1. The van der Waals surface area contributed by atoms with Crippen molar-refractivity contribution in [1.82, 2.24) is 5.32 Å². The van der Waals surface area contributed by atoms with E-state index in [2.05, 4.69) is 12.2 Å². The van der Waals surface area contributed by atoms with E-state index in [0.717, 1.165) is 42.9 Å². The molecule has 4 heteroatoms. The van der Waals surface area contributed by atoms with Gasteiger partial charge in [-0.1, -0.05) is 19.1 Å². The van der Waals surface area contributed by atoms with Crippen LogP contribution in [0.3, 0.4) is 0 Å². The highest BCUT2D eigenvalue weighted by Gasteiger charge is 2.33. The average molecular weight is 293 g/mol. The second-order valence-corrected chi connectivity index (χ2v) is 6.29. The van der Waals surface area contributed by atoms with Crippen LogP contribution in [0, 0.1) is 5.92 Å². The predicted molar refractivity (Wildman–Crippen MR) is 83.4 cm³/mol. The molecule has 1 aromatic rings. The lowest BCUT2D eigenvalue weighted by molar-refractivity contribution is 0.0836. The van der Waals surface area contributed by atoms with E-state index < -0.39 is 6.10 Å². The van der Waals surface area contributed by atoms with Gasteiger partial charge in [-0.3, -0.25) is 0 Å². The molecule has 1 unspecified atom stereocenters. The van der Waals surface area contributed by atoms with Crippen LogP contribution in [0.4, 0.5) is 0 Å². The van der Waals surface area contributed by atoms with Crippen LogP contribution in [0.5, 0.6) is 5.75 Å². The van der Waals surface area contributed by atoms with Gasteiger partial charge >= 0.3 is 0 Å². The molecule has 1 aliphatic rings. The molecule has 4 nitrogen and oxygen atoms in total. The molecule has 21 heavy (non-hydrogen) atoms. The van der Waals surface area contributed by atoms with Gasteiger partial charge in [-0.05, 0) is 49.3 Å². The third kappa shape index (κ3) is 4.19. The Morgan fingerprint density at radius 1 is 1.29 bits per heavy atom. The molecule has 0 radical (unpaired) electrons. The number of methoxy groups -OCH3 is 1. The van der Waals surface area contributed by atoms with Crippen LogP contribution in [-0.2, 0) is 0 Å². The lowest BCUT2D eigenvalue weighted by Gasteiger charge is -2.39. The van der Waals surface area contributed by atoms with Crippen molar-refractivity contribution < 1.29 is 14.9 Å². The second-order valence-electron chi connectivity index (χ2n) is 6.29. The van der Waals surface area contributed by atoms with Crippen molar-refractivity contribution in [3.63, 3.8) is 0 Å². The summed E-state index contributed by atoms with van der Waals surface area (Å²) < 4.78 is 5.12. The molecule has 3 N–H and O–H groups in total. The Hall–Kier alpha value is -1.10. The topological polar surface area (TPSA) is 61.7 Å². The third-order valence-corrected chi connectivity index (χ3v) is 4.71. The fourth-order valence-corrected chi connectivity index (χ4v) is 2.96. The Labute approximate surface area is 127 Å². The number of nitrogens with one attached hydrogen (secondary N) is 1. The number of hydrogen-bond donors (Lipinski definition) is 3. The highest BCUT2D eigenvalue weighted by molar-refractivity contribution is 5.28. The first-order valence-electron chi connectivity index (χ1n) is 7.76. The number of aliphatic hydroxyl groups excluding tert-OH is 2. The van der Waals surface area contributed by atoms with Crippen molar-refractivity contribution in [2.24, 2.45) is 5.92 Å². The van der Waals surface area contributed by atoms with Crippen LogP contribution in [-0.4, -0.2) is 36.0 Å². The molecule has 118 valence electrons. The standard InChI is InChI=1S/C17H27NO3/c1-13-7-9-17(12-19,10-8-13)18-11-16(20)14-3-5-15(21-2)6-4-14/h3-6,13,16,18-20H,7-12H2,1-2H3. The Morgan fingerprint density at radius 2 is 1.90 bits per heavy atom. The van der Waals surface area contributed by atoms with Gasteiger partial charge < -0.3 is 20.3 Å². The highest BCUT2D eigenvalue weighted by atomic mass is 16.5. The monoisotopic (exact) mass is 293 g/mol. The number of benzene rings is 1. The van der Waals surface area contributed by atoms with E-state index in [1.807, 2.05) is 24.3 Å². The fourth-order valence-electron chi connectivity index (χ4n) is 2.96. The molecule has 1 atom stereocenters. The van der Waals surface area contributed by atoms with Gasteiger partial charge in [0.25, 0.3) is 0 Å². The summed E-state index contributed by atoms with van der Waals surface area (Å²) in [6.07, 6.45) is 3.64. The van der Waals surface area contributed by atoms with Crippen LogP contribution >= 0.6 is 0 Å². The zero-order chi connectivity index (χ0) is 15.3. The normalized spacial score (nSPS) is 27.3. The highest BCUT2D eigenvalue weighted by Crippen LogP contribution is 2.32. The van der Waals surface area contributed by atoms with Crippen LogP contribution < -0.4 is 10.1 Å². The molecule has 0 bridgehead atoms. The van der Waals surface area contributed by atoms with E-state index in [0.29, 0.717) is 6.54 Å². The molecule has 0 spiro atoms. The zero-order valence-electron chi connectivity index (χ0n) is 13.0. The zero-order valence-corrected chi connectivity index (χ0v) is 13.0. The van der Waals surface area contributed by atoms with Crippen molar-refractivity contribution in [3.8, 4) is 5.75 Å². The summed E-state index contributed by atoms with van der Waals surface area (Å²) in [5, 5.41) is 23.4. The van der Waals surface area contributed by atoms with Crippen molar-refractivity contribution in [3.05, 3.63) is 29.8 Å². The van der Waals surface area contributed by atoms with Gasteiger partial charge in [-0.2, -0.15) is 0 Å². The van der Waals surface area contributed by atoms with E-state index >= 15 is 0 Å².